The van der Waals surface area contributed by atoms with Crippen molar-refractivity contribution in [2.75, 3.05) is 24.5 Å². The van der Waals surface area contributed by atoms with E-state index in [0.717, 1.165) is 55.1 Å². The molecule has 0 bridgehead atoms. The smallest absolute Gasteiger partial charge is 0.222 e. The molecule has 0 spiro atoms. The van der Waals surface area contributed by atoms with Crippen LogP contribution < -0.4 is 21.3 Å². The molecule has 1 aromatic rings. The predicted molar refractivity (Wildman–Crippen MR) is 127 cm³/mol. The van der Waals surface area contributed by atoms with E-state index < -0.39 is 0 Å². The van der Waals surface area contributed by atoms with Crippen molar-refractivity contribution in [2.24, 2.45) is 28.5 Å². The molecule has 3 rings (SSSR count). The summed E-state index contributed by atoms with van der Waals surface area (Å²) in [4.78, 5) is 23.4. The zero-order valence-corrected chi connectivity index (χ0v) is 19.4. The number of hydrogen-bond acceptors (Lipinski definition) is 4. The van der Waals surface area contributed by atoms with Gasteiger partial charge in [0.25, 0.3) is 0 Å². The first-order valence-corrected chi connectivity index (χ1v) is 12.0. The highest BCUT2D eigenvalue weighted by Gasteiger charge is 2.26. The number of nitrogens with one attached hydrogen (secondary N) is 2. The lowest BCUT2D eigenvalue weighted by atomic mass is 9.80. The minimum absolute atomic E-state index is 0.105. The topological polar surface area (TPSA) is 95.6 Å². The normalized spacial score (nSPS) is 24.8. The summed E-state index contributed by atoms with van der Waals surface area (Å²) in [6.45, 7) is 9.69. The van der Waals surface area contributed by atoms with Crippen LogP contribution >= 0.6 is 0 Å². The van der Waals surface area contributed by atoms with Crippen molar-refractivity contribution in [2.45, 2.75) is 71.9 Å². The van der Waals surface area contributed by atoms with Gasteiger partial charge in [0, 0.05) is 37.4 Å². The van der Waals surface area contributed by atoms with Crippen molar-refractivity contribution >= 4 is 17.7 Å². The first-order chi connectivity index (χ1) is 15.0. The van der Waals surface area contributed by atoms with Crippen LogP contribution in [0, 0.1) is 17.8 Å². The Kier molecular flexibility index (Phi) is 8.55. The molecule has 1 saturated heterocycles. The Labute approximate surface area is 187 Å². The van der Waals surface area contributed by atoms with Crippen molar-refractivity contribution in [3.63, 3.8) is 0 Å². The highest BCUT2D eigenvalue weighted by atomic mass is 16.1. The average molecular weight is 429 g/mol. The van der Waals surface area contributed by atoms with E-state index in [1.807, 2.05) is 12.3 Å². The summed E-state index contributed by atoms with van der Waals surface area (Å²) in [5.41, 5.74) is 6.64. The number of pyridine rings is 1. The van der Waals surface area contributed by atoms with Crippen LogP contribution in [0.15, 0.2) is 23.3 Å². The first kappa shape index (κ1) is 23.4. The van der Waals surface area contributed by atoms with Crippen LogP contribution in [0.2, 0.25) is 0 Å². The Morgan fingerprint density at radius 3 is 2.74 bits per heavy atom. The van der Waals surface area contributed by atoms with E-state index in [1.54, 1.807) is 0 Å². The molecular weight excluding hydrogens is 388 g/mol. The van der Waals surface area contributed by atoms with E-state index in [9.17, 15) is 4.79 Å². The summed E-state index contributed by atoms with van der Waals surface area (Å²) in [7, 11) is 0. The van der Waals surface area contributed by atoms with E-state index >= 15 is 0 Å². The van der Waals surface area contributed by atoms with Gasteiger partial charge in [0.05, 0.1) is 12.5 Å². The molecule has 7 heteroatoms. The minimum atomic E-state index is -0.217. The van der Waals surface area contributed by atoms with Crippen molar-refractivity contribution in [3.8, 4) is 0 Å². The van der Waals surface area contributed by atoms with Crippen LogP contribution in [-0.4, -0.2) is 42.5 Å². The van der Waals surface area contributed by atoms with Gasteiger partial charge >= 0.3 is 0 Å². The van der Waals surface area contributed by atoms with E-state index in [0.29, 0.717) is 19.1 Å². The Hall–Kier alpha value is -2.31. The molecule has 2 fully saturated rings. The number of anilines is 1. The zero-order valence-electron chi connectivity index (χ0n) is 19.4. The molecule has 1 aliphatic carbocycles. The number of carbonyl (C=O) groups is 1. The maximum atomic E-state index is 11.7. The van der Waals surface area contributed by atoms with Gasteiger partial charge in [0.1, 0.15) is 5.82 Å². The molecule has 172 valence electrons. The van der Waals surface area contributed by atoms with Gasteiger partial charge in [-0.1, -0.05) is 19.9 Å². The Bertz CT molecular complexity index is 741. The number of aliphatic imine (C=N–C) groups is 1. The minimum Gasteiger partial charge on any atom is -0.369 e. The standard InChI is InChI=1S/C24H40N6O/c1-4-26-24(29-21-11-9-18(10-12-21)17(2)3)28-15-19-7-5-13-27-23(19)30-14-6-8-20(16-30)22(25)31/h5,7,13,17-18,20-21H,4,6,8-12,14-16H2,1-3H3,(H2,25,31)(H2,26,28,29). The molecule has 7 nitrogen and oxygen atoms in total. The molecule has 2 aliphatic rings. The van der Waals surface area contributed by atoms with Gasteiger partial charge in [0.2, 0.25) is 5.91 Å². The number of aromatic nitrogens is 1. The zero-order chi connectivity index (χ0) is 22.2. The lowest BCUT2D eigenvalue weighted by Crippen LogP contribution is -2.45. The third kappa shape index (κ3) is 6.58. The quantitative estimate of drug-likeness (QED) is 0.458. The van der Waals surface area contributed by atoms with Gasteiger partial charge < -0.3 is 21.3 Å². The monoisotopic (exact) mass is 428 g/mol. The molecule has 2 heterocycles. The fourth-order valence-corrected chi connectivity index (χ4v) is 4.85. The number of nitrogens with two attached hydrogens (primary N) is 1. The third-order valence-electron chi connectivity index (χ3n) is 6.80. The number of nitrogens with zero attached hydrogens (tertiary/aromatic N) is 3. The van der Waals surface area contributed by atoms with Gasteiger partial charge in [-0.15, -0.1) is 0 Å². The Morgan fingerprint density at radius 2 is 2.06 bits per heavy atom. The van der Waals surface area contributed by atoms with Gasteiger partial charge in [0.15, 0.2) is 5.96 Å². The summed E-state index contributed by atoms with van der Waals surface area (Å²) in [5.74, 6) is 3.10. The van der Waals surface area contributed by atoms with Gasteiger partial charge in [-0.2, -0.15) is 0 Å². The fourth-order valence-electron chi connectivity index (χ4n) is 4.85. The van der Waals surface area contributed by atoms with Crippen LogP contribution in [0.5, 0.6) is 0 Å². The van der Waals surface area contributed by atoms with Crippen molar-refractivity contribution in [3.05, 3.63) is 23.9 Å². The number of carbonyl (C=O) groups excluding carboxylic acids is 1. The number of primary amides is 1. The maximum Gasteiger partial charge on any atom is 0.222 e. The molecule has 1 unspecified atom stereocenters. The lowest BCUT2D eigenvalue weighted by molar-refractivity contribution is -0.122. The SMILES string of the molecule is CCNC(=NCc1cccnc1N1CCCC(C(N)=O)C1)NC1CCC(C(C)C)CC1. The summed E-state index contributed by atoms with van der Waals surface area (Å²) in [6, 6.07) is 4.52. The summed E-state index contributed by atoms with van der Waals surface area (Å²) < 4.78 is 0. The molecular formula is C24H40N6O. The number of hydrogen-bond donors (Lipinski definition) is 3. The Morgan fingerprint density at radius 1 is 1.29 bits per heavy atom. The first-order valence-electron chi connectivity index (χ1n) is 12.0. The van der Waals surface area contributed by atoms with Crippen LogP contribution in [0.1, 0.15) is 64.9 Å². The van der Waals surface area contributed by atoms with E-state index in [4.69, 9.17) is 10.7 Å². The molecule has 4 N–H and O–H groups in total. The van der Waals surface area contributed by atoms with Crippen molar-refractivity contribution < 1.29 is 4.79 Å². The largest absolute Gasteiger partial charge is 0.369 e. The van der Waals surface area contributed by atoms with Gasteiger partial charge in [-0.05, 0) is 63.4 Å². The maximum absolute atomic E-state index is 11.7. The second-order valence-electron chi connectivity index (χ2n) is 9.37. The molecule has 1 aliphatic heterocycles. The lowest BCUT2D eigenvalue weighted by Gasteiger charge is -2.33. The van der Waals surface area contributed by atoms with Crippen LogP contribution in [0.25, 0.3) is 0 Å². The van der Waals surface area contributed by atoms with Gasteiger partial charge in [-0.3, -0.25) is 4.79 Å². The van der Waals surface area contributed by atoms with Crippen molar-refractivity contribution in [1.82, 2.24) is 15.6 Å². The van der Waals surface area contributed by atoms with Crippen LogP contribution in [0.3, 0.4) is 0 Å². The highest BCUT2D eigenvalue weighted by molar-refractivity contribution is 5.80. The molecule has 1 aromatic heterocycles. The second kappa shape index (κ2) is 11.3. The summed E-state index contributed by atoms with van der Waals surface area (Å²) >= 11 is 0. The number of guanidine groups is 1. The highest BCUT2D eigenvalue weighted by Crippen LogP contribution is 2.30. The number of amides is 1. The van der Waals surface area contributed by atoms with Crippen molar-refractivity contribution in [1.29, 1.82) is 0 Å². The van der Waals surface area contributed by atoms with Gasteiger partial charge in [-0.25, -0.2) is 9.98 Å². The van der Waals surface area contributed by atoms with E-state index in [1.165, 1.54) is 25.7 Å². The van der Waals surface area contributed by atoms with Crippen LogP contribution in [0.4, 0.5) is 5.82 Å². The van der Waals surface area contributed by atoms with E-state index in [-0.39, 0.29) is 11.8 Å². The van der Waals surface area contributed by atoms with E-state index in [2.05, 4.69) is 47.4 Å². The van der Waals surface area contributed by atoms with Crippen LogP contribution in [-0.2, 0) is 11.3 Å². The number of piperidine rings is 1. The fraction of sp³-hybridized carbons (Fsp3) is 0.708. The molecule has 31 heavy (non-hydrogen) atoms. The Balaban J connectivity index is 1.65. The third-order valence-corrected chi connectivity index (χ3v) is 6.80. The molecule has 0 radical (unpaired) electrons. The predicted octanol–water partition coefficient (Wildman–Crippen LogP) is 3.05. The number of rotatable bonds is 7. The molecule has 1 atom stereocenters. The average Bonchev–Trinajstić information content (AvgIpc) is 2.78. The molecule has 1 saturated carbocycles. The second-order valence-corrected chi connectivity index (χ2v) is 9.37. The molecule has 0 aromatic carbocycles. The summed E-state index contributed by atoms with van der Waals surface area (Å²) in [6.07, 6.45) is 8.61. The molecule has 1 amide bonds. The summed E-state index contributed by atoms with van der Waals surface area (Å²) in [5, 5.41) is 7.05.